The number of nitrogens with zero attached hydrogens (tertiary/aromatic N) is 2. The summed E-state index contributed by atoms with van der Waals surface area (Å²) >= 11 is 1.89. The molecule has 1 saturated heterocycles. The molecule has 1 aliphatic heterocycles. The minimum Gasteiger partial charge on any atom is -0.341 e. The SMILES string of the molecule is CSCCCCCCN1CC(C#N)CC1=O. The molecular weight excluding hydrogens is 220 g/mol. The van der Waals surface area contributed by atoms with Crippen LogP contribution in [-0.2, 0) is 4.79 Å². The smallest absolute Gasteiger partial charge is 0.224 e. The summed E-state index contributed by atoms with van der Waals surface area (Å²) in [4.78, 5) is 13.3. The van der Waals surface area contributed by atoms with Gasteiger partial charge in [-0.05, 0) is 24.9 Å². The van der Waals surface area contributed by atoms with Crippen molar-refractivity contribution in [1.82, 2.24) is 4.90 Å². The number of carbonyl (C=O) groups is 1. The van der Waals surface area contributed by atoms with Gasteiger partial charge in [0.25, 0.3) is 0 Å². The van der Waals surface area contributed by atoms with Crippen molar-refractivity contribution in [2.75, 3.05) is 25.1 Å². The number of rotatable bonds is 7. The van der Waals surface area contributed by atoms with Crippen LogP contribution in [0.3, 0.4) is 0 Å². The first-order chi connectivity index (χ1) is 7.77. The Labute approximate surface area is 102 Å². The fraction of sp³-hybridized carbons (Fsp3) is 0.833. The zero-order chi connectivity index (χ0) is 11.8. The van der Waals surface area contributed by atoms with E-state index in [1.807, 2.05) is 16.7 Å². The maximum absolute atomic E-state index is 11.5. The summed E-state index contributed by atoms with van der Waals surface area (Å²) in [7, 11) is 0. The number of hydrogen-bond donors (Lipinski definition) is 0. The zero-order valence-corrected chi connectivity index (χ0v) is 10.8. The van der Waals surface area contributed by atoms with E-state index in [0.29, 0.717) is 13.0 Å². The van der Waals surface area contributed by atoms with Crippen molar-refractivity contribution < 1.29 is 4.79 Å². The largest absolute Gasteiger partial charge is 0.341 e. The Morgan fingerprint density at radius 3 is 2.81 bits per heavy atom. The molecule has 3 nitrogen and oxygen atoms in total. The molecule has 0 saturated carbocycles. The van der Waals surface area contributed by atoms with Crippen LogP contribution in [-0.4, -0.2) is 35.9 Å². The van der Waals surface area contributed by atoms with E-state index in [-0.39, 0.29) is 11.8 Å². The molecule has 0 aromatic heterocycles. The van der Waals surface area contributed by atoms with Crippen LogP contribution in [0.15, 0.2) is 0 Å². The third kappa shape index (κ3) is 4.44. The summed E-state index contributed by atoms with van der Waals surface area (Å²) in [5, 5.41) is 8.74. The molecule has 1 fully saturated rings. The molecule has 1 aliphatic rings. The standard InChI is InChI=1S/C12H20N2OS/c1-16-7-5-3-2-4-6-14-10-11(9-13)8-12(14)15/h11H,2-8,10H2,1H3. The highest BCUT2D eigenvalue weighted by molar-refractivity contribution is 7.98. The Morgan fingerprint density at radius 1 is 1.44 bits per heavy atom. The van der Waals surface area contributed by atoms with Gasteiger partial charge in [0.05, 0.1) is 12.0 Å². The fourth-order valence-electron chi connectivity index (χ4n) is 1.98. The summed E-state index contributed by atoms with van der Waals surface area (Å²) < 4.78 is 0. The molecule has 0 aromatic rings. The monoisotopic (exact) mass is 240 g/mol. The number of likely N-dealkylation sites (tertiary alicyclic amines) is 1. The number of nitriles is 1. The Morgan fingerprint density at radius 2 is 2.19 bits per heavy atom. The molecule has 16 heavy (non-hydrogen) atoms. The van der Waals surface area contributed by atoms with Gasteiger partial charge in [0, 0.05) is 19.5 Å². The molecule has 4 heteroatoms. The predicted octanol–water partition coefficient (Wildman–Crippen LogP) is 2.28. The van der Waals surface area contributed by atoms with E-state index in [2.05, 4.69) is 12.3 Å². The van der Waals surface area contributed by atoms with Crippen LogP contribution in [0.2, 0.25) is 0 Å². The average molecular weight is 240 g/mol. The minimum atomic E-state index is -0.0657. The lowest BCUT2D eigenvalue weighted by atomic mass is 10.1. The van der Waals surface area contributed by atoms with E-state index in [0.717, 1.165) is 13.0 Å². The zero-order valence-electron chi connectivity index (χ0n) is 9.95. The summed E-state index contributed by atoms with van der Waals surface area (Å²) in [6.45, 7) is 1.50. The quantitative estimate of drug-likeness (QED) is 0.641. The van der Waals surface area contributed by atoms with Gasteiger partial charge in [-0.15, -0.1) is 0 Å². The van der Waals surface area contributed by atoms with Crippen molar-refractivity contribution in [1.29, 1.82) is 5.26 Å². The highest BCUT2D eigenvalue weighted by Crippen LogP contribution is 2.17. The Bertz CT molecular complexity index is 262. The predicted molar refractivity (Wildman–Crippen MR) is 67.2 cm³/mol. The summed E-state index contributed by atoms with van der Waals surface area (Å²) in [5.41, 5.74) is 0. The molecule has 0 aliphatic carbocycles. The lowest BCUT2D eigenvalue weighted by molar-refractivity contribution is -0.127. The summed E-state index contributed by atoms with van der Waals surface area (Å²) in [6.07, 6.45) is 7.37. The van der Waals surface area contributed by atoms with Crippen LogP contribution in [0.1, 0.15) is 32.1 Å². The van der Waals surface area contributed by atoms with Gasteiger partial charge in [-0.3, -0.25) is 4.79 Å². The van der Waals surface area contributed by atoms with Gasteiger partial charge in [-0.25, -0.2) is 0 Å². The van der Waals surface area contributed by atoms with Gasteiger partial charge in [0.2, 0.25) is 5.91 Å². The van der Waals surface area contributed by atoms with E-state index in [1.54, 1.807) is 0 Å². The molecule has 90 valence electrons. The van der Waals surface area contributed by atoms with Crippen molar-refractivity contribution in [3.8, 4) is 6.07 Å². The maximum atomic E-state index is 11.5. The first-order valence-corrected chi connectivity index (χ1v) is 7.33. The molecule has 0 aromatic carbocycles. The number of amides is 1. The van der Waals surface area contributed by atoms with Gasteiger partial charge in [0.15, 0.2) is 0 Å². The van der Waals surface area contributed by atoms with Gasteiger partial charge in [0.1, 0.15) is 0 Å². The Balaban J connectivity index is 2.05. The summed E-state index contributed by atoms with van der Waals surface area (Å²) in [6, 6.07) is 2.18. The first kappa shape index (κ1) is 13.4. The normalized spacial score (nSPS) is 20.1. The minimum absolute atomic E-state index is 0.0657. The van der Waals surface area contributed by atoms with Crippen molar-refractivity contribution in [2.24, 2.45) is 5.92 Å². The van der Waals surface area contributed by atoms with Crippen molar-refractivity contribution in [3.05, 3.63) is 0 Å². The number of thioether (sulfide) groups is 1. The maximum Gasteiger partial charge on any atom is 0.224 e. The van der Waals surface area contributed by atoms with E-state index < -0.39 is 0 Å². The third-order valence-corrected chi connectivity index (χ3v) is 3.62. The van der Waals surface area contributed by atoms with Crippen molar-refractivity contribution in [2.45, 2.75) is 32.1 Å². The van der Waals surface area contributed by atoms with Crippen LogP contribution < -0.4 is 0 Å². The molecule has 0 spiro atoms. The Kier molecular flexibility index (Phi) is 6.32. The molecule has 1 rings (SSSR count). The third-order valence-electron chi connectivity index (χ3n) is 2.92. The van der Waals surface area contributed by atoms with Crippen LogP contribution in [0.4, 0.5) is 0 Å². The van der Waals surface area contributed by atoms with Crippen LogP contribution in [0.5, 0.6) is 0 Å². The van der Waals surface area contributed by atoms with E-state index >= 15 is 0 Å². The van der Waals surface area contributed by atoms with Crippen LogP contribution in [0, 0.1) is 17.2 Å². The molecule has 1 amide bonds. The van der Waals surface area contributed by atoms with Gasteiger partial charge in [-0.2, -0.15) is 17.0 Å². The molecule has 0 radical (unpaired) electrons. The van der Waals surface area contributed by atoms with E-state index in [1.165, 1.54) is 25.0 Å². The molecule has 1 unspecified atom stereocenters. The average Bonchev–Trinajstić information content (AvgIpc) is 2.65. The van der Waals surface area contributed by atoms with Gasteiger partial charge >= 0.3 is 0 Å². The second kappa shape index (κ2) is 7.56. The van der Waals surface area contributed by atoms with E-state index in [4.69, 9.17) is 5.26 Å². The molecule has 0 bridgehead atoms. The van der Waals surface area contributed by atoms with Crippen molar-refractivity contribution >= 4 is 17.7 Å². The van der Waals surface area contributed by atoms with E-state index in [9.17, 15) is 4.79 Å². The molecule has 0 N–H and O–H groups in total. The number of unbranched alkanes of at least 4 members (excludes halogenated alkanes) is 3. The second-order valence-electron chi connectivity index (χ2n) is 4.28. The molecule has 1 heterocycles. The molecule has 1 atom stereocenters. The van der Waals surface area contributed by atoms with Crippen LogP contribution >= 0.6 is 11.8 Å². The lowest BCUT2D eigenvalue weighted by Crippen LogP contribution is -2.26. The number of carbonyl (C=O) groups excluding carboxylic acids is 1. The Hall–Kier alpha value is -0.690. The van der Waals surface area contributed by atoms with Gasteiger partial charge in [-0.1, -0.05) is 12.8 Å². The van der Waals surface area contributed by atoms with Gasteiger partial charge < -0.3 is 4.90 Å². The van der Waals surface area contributed by atoms with Crippen molar-refractivity contribution in [3.63, 3.8) is 0 Å². The van der Waals surface area contributed by atoms with Crippen LogP contribution in [0.25, 0.3) is 0 Å². The lowest BCUT2D eigenvalue weighted by Gasteiger charge is -2.15. The second-order valence-corrected chi connectivity index (χ2v) is 5.26. The highest BCUT2D eigenvalue weighted by atomic mass is 32.2. The first-order valence-electron chi connectivity index (χ1n) is 5.94. The topological polar surface area (TPSA) is 44.1 Å². The molecular formula is C12H20N2OS. The number of hydrogen-bond acceptors (Lipinski definition) is 3. The fourth-order valence-corrected chi connectivity index (χ4v) is 2.47. The highest BCUT2D eigenvalue weighted by Gasteiger charge is 2.28. The summed E-state index contributed by atoms with van der Waals surface area (Å²) in [5.74, 6) is 1.33.